The lowest BCUT2D eigenvalue weighted by Gasteiger charge is -2.25. The molecule has 0 aliphatic rings. The van der Waals surface area contributed by atoms with Crippen LogP contribution in [0.2, 0.25) is 0 Å². The molecule has 1 rings (SSSR count). The Balaban J connectivity index is 2.61. The average molecular weight is 367 g/mol. The number of rotatable bonds is 9. The highest BCUT2D eigenvalue weighted by atomic mass is 32.2. The van der Waals surface area contributed by atoms with Crippen molar-refractivity contribution in [2.45, 2.75) is 33.4 Å². The molecule has 1 N–H and O–H groups in total. The van der Waals surface area contributed by atoms with Gasteiger partial charge in [-0.15, -0.1) is 0 Å². The molecule has 1 aromatic carbocycles. The van der Waals surface area contributed by atoms with Crippen LogP contribution in [0.1, 0.15) is 26.3 Å². The SMILES string of the molecule is COC(=O)C(COCc1ccccc1)NC(=O)C(C)(C)CSC(C)=O. The van der Waals surface area contributed by atoms with Crippen LogP contribution >= 0.6 is 11.8 Å². The summed E-state index contributed by atoms with van der Waals surface area (Å²) in [6.07, 6.45) is 0. The van der Waals surface area contributed by atoms with E-state index < -0.39 is 17.4 Å². The molecular weight excluding hydrogens is 342 g/mol. The highest BCUT2D eigenvalue weighted by Crippen LogP contribution is 2.22. The number of nitrogens with one attached hydrogen (secondary N) is 1. The quantitative estimate of drug-likeness (QED) is 0.674. The molecule has 0 saturated heterocycles. The van der Waals surface area contributed by atoms with Crippen LogP contribution in [0.5, 0.6) is 0 Å². The Morgan fingerprint density at radius 3 is 2.40 bits per heavy atom. The van der Waals surface area contributed by atoms with Crippen LogP contribution in [0.4, 0.5) is 0 Å². The summed E-state index contributed by atoms with van der Waals surface area (Å²) in [6, 6.07) is 8.62. The van der Waals surface area contributed by atoms with E-state index in [2.05, 4.69) is 5.32 Å². The van der Waals surface area contributed by atoms with Gasteiger partial charge in [0.2, 0.25) is 5.91 Å². The molecule has 0 aliphatic carbocycles. The molecule has 1 amide bonds. The van der Waals surface area contributed by atoms with Crippen molar-refractivity contribution in [1.82, 2.24) is 5.32 Å². The van der Waals surface area contributed by atoms with E-state index in [0.717, 1.165) is 17.3 Å². The van der Waals surface area contributed by atoms with Gasteiger partial charge in [-0.3, -0.25) is 9.59 Å². The molecule has 6 nitrogen and oxygen atoms in total. The van der Waals surface area contributed by atoms with Crippen molar-refractivity contribution < 1.29 is 23.9 Å². The molecule has 138 valence electrons. The molecule has 0 bridgehead atoms. The second kappa shape index (κ2) is 10.2. The lowest BCUT2D eigenvalue weighted by Crippen LogP contribution is -2.50. The maximum Gasteiger partial charge on any atom is 0.330 e. The van der Waals surface area contributed by atoms with Crippen molar-refractivity contribution in [2.24, 2.45) is 5.41 Å². The topological polar surface area (TPSA) is 81.7 Å². The Morgan fingerprint density at radius 2 is 1.84 bits per heavy atom. The zero-order valence-corrected chi connectivity index (χ0v) is 15.9. The number of hydrogen-bond donors (Lipinski definition) is 1. The van der Waals surface area contributed by atoms with Gasteiger partial charge in [-0.1, -0.05) is 55.9 Å². The Hall–Kier alpha value is -1.86. The number of ether oxygens (including phenoxy) is 2. The fourth-order valence-electron chi connectivity index (χ4n) is 1.88. The summed E-state index contributed by atoms with van der Waals surface area (Å²) in [5.74, 6) is -0.580. The van der Waals surface area contributed by atoms with E-state index >= 15 is 0 Å². The number of benzene rings is 1. The van der Waals surface area contributed by atoms with Crippen molar-refractivity contribution in [2.75, 3.05) is 19.5 Å². The van der Waals surface area contributed by atoms with Crippen LogP contribution in [-0.2, 0) is 30.5 Å². The Kier molecular flexibility index (Phi) is 8.65. The molecule has 7 heteroatoms. The summed E-state index contributed by atoms with van der Waals surface area (Å²) in [6.45, 7) is 5.22. The number of thioether (sulfide) groups is 1. The van der Waals surface area contributed by atoms with Crippen molar-refractivity contribution in [1.29, 1.82) is 0 Å². The summed E-state index contributed by atoms with van der Waals surface area (Å²) in [4.78, 5) is 35.5. The van der Waals surface area contributed by atoms with Gasteiger partial charge in [0.1, 0.15) is 0 Å². The van der Waals surface area contributed by atoms with Crippen LogP contribution in [0.3, 0.4) is 0 Å². The first-order chi connectivity index (χ1) is 11.8. The van der Waals surface area contributed by atoms with Crippen molar-refractivity contribution >= 4 is 28.8 Å². The number of carbonyl (C=O) groups is 3. The summed E-state index contributed by atoms with van der Waals surface area (Å²) in [5.41, 5.74) is 0.165. The van der Waals surface area contributed by atoms with Gasteiger partial charge in [-0.05, 0) is 5.56 Å². The van der Waals surface area contributed by atoms with Gasteiger partial charge in [-0.2, -0.15) is 0 Å². The molecule has 1 aromatic rings. The molecule has 25 heavy (non-hydrogen) atoms. The molecule has 0 heterocycles. The van der Waals surface area contributed by atoms with Gasteiger partial charge in [0.05, 0.1) is 25.7 Å². The standard InChI is InChI=1S/C18H25NO5S/c1-13(20)25-12-18(2,3)17(22)19-15(16(21)23-4)11-24-10-14-8-6-5-7-9-14/h5-9,15H,10-12H2,1-4H3,(H,19,22). The molecule has 0 radical (unpaired) electrons. The van der Waals surface area contributed by atoms with Crippen LogP contribution in [0.15, 0.2) is 30.3 Å². The first-order valence-corrected chi connectivity index (χ1v) is 8.88. The molecule has 0 spiro atoms. The summed E-state index contributed by atoms with van der Waals surface area (Å²) in [5, 5.41) is 2.60. The van der Waals surface area contributed by atoms with E-state index in [0.29, 0.717) is 12.4 Å². The van der Waals surface area contributed by atoms with Gasteiger partial charge in [0, 0.05) is 12.7 Å². The molecule has 0 fully saturated rings. The predicted molar refractivity (Wildman–Crippen MR) is 97.0 cm³/mol. The minimum atomic E-state index is -0.900. The van der Waals surface area contributed by atoms with Crippen molar-refractivity contribution in [3.63, 3.8) is 0 Å². The van der Waals surface area contributed by atoms with Crippen molar-refractivity contribution in [3.8, 4) is 0 Å². The van der Waals surface area contributed by atoms with Crippen LogP contribution in [0, 0.1) is 5.41 Å². The van der Waals surface area contributed by atoms with E-state index in [1.54, 1.807) is 13.8 Å². The first kappa shape index (κ1) is 21.2. The van der Waals surface area contributed by atoms with E-state index in [4.69, 9.17) is 9.47 Å². The van der Waals surface area contributed by atoms with E-state index in [9.17, 15) is 14.4 Å². The third-order valence-electron chi connectivity index (χ3n) is 3.44. The molecule has 0 aliphatic heterocycles. The normalized spacial score (nSPS) is 12.3. The van der Waals surface area contributed by atoms with E-state index in [1.807, 2.05) is 30.3 Å². The minimum absolute atomic E-state index is 0.00321. The van der Waals surface area contributed by atoms with Gasteiger partial charge in [0.15, 0.2) is 11.2 Å². The molecule has 1 unspecified atom stereocenters. The average Bonchev–Trinajstić information content (AvgIpc) is 2.59. The summed E-state index contributed by atoms with van der Waals surface area (Å²) >= 11 is 1.08. The second-order valence-electron chi connectivity index (χ2n) is 6.21. The number of methoxy groups -OCH3 is 1. The zero-order chi connectivity index (χ0) is 18.9. The number of hydrogen-bond acceptors (Lipinski definition) is 6. The third-order valence-corrected chi connectivity index (χ3v) is 4.71. The minimum Gasteiger partial charge on any atom is -0.467 e. The number of carbonyl (C=O) groups excluding carboxylic acids is 3. The Morgan fingerprint density at radius 1 is 1.20 bits per heavy atom. The van der Waals surface area contributed by atoms with E-state index in [-0.39, 0.29) is 17.6 Å². The van der Waals surface area contributed by atoms with Crippen LogP contribution in [0.25, 0.3) is 0 Å². The highest BCUT2D eigenvalue weighted by molar-refractivity contribution is 8.13. The zero-order valence-electron chi connectivity index (χ0n) is 15.0. The Labute approximate surface area is 152 Å². The fraction of sp³-hybridized carbons (Fsp3) is 0.500. The summed E-state index contributed by atoms with van der Waals surface area (Å²) in [7, 11) is 1.26. The molecule has 0 aromatic heterocycles. The maximum absolute atomic E-state index is 12.4. The van der Waals surface area contributed by atoms with Crippen LogP contribution in [-0.4, -0.2) is 42.5 Å². The largest absolute Gasteiger partial charge is 0.467 e. The van der Waals surface area contributed by atoms with E-state index in [1.165, 1.54) is 14.0 Å². The van der Waals surface area contributed by atoms with Gasteiger partial charge in [0.25, 0.3) is 0 Å². The number of esters is 1. The highest BCUT2D eigenvalue weighted by Gasteiger charge is 2.32. The number of amides is 1. The summed E-state index contributed by atoms with van der Waals surface area (Å²) < 4.78 is 10.3. The maximum atomic E-state index is 12.4. The predicted octanol–water partition coefficient (Wildman–Crippen LogP) is 2.17. The first-order valence-electron chi connectivity index (χ1n) is 7.90. The lowest BCUT2D eigenvalue weighted by atomic mass is 9.95. The monoisotopic (exact) mass is 367 g/mol. The van der Waals surface area contributed by atoms with Gasteiger partial charge < -0.3 is 14.8 Å². The lowest BCUT2D eigenvalue weighted by molar-refractivity contribution is -0.148. The second-order valence-corrected chi connectivity index (χ2v) is 7.37. The van der Waals surface area contributed by atoms with Crippen molar-refractivity contribution in [3.05, 3.63) is 35.9 Å². The smallest absolute Gasteiger partial charge is 0.330 e. The Bertz CT molecular complexity index is 588. The molecule has 1 atom stereocenters. The fourth-order valence-corrected chi connectivity index (χ4v) is 2.58. The van der Waals surface area contributed by atoms with Crippen LogP contribution < -0.4 is 5.32 Å². The third kappa shape index (κ3) is 7.70. The van der Waals surface area contributed by atoms with Gasteiger partial charge >= 0.3 is 5.97 Å². The molecular formula is C18H25NO5S. The van der Waals surface area contributed by atoms with Gasteiger partial charge in [-0.25, -0.2) is 4.79 Å². The molecule has 0 saturated carbocycles.